The number of hydrogen-bond donors (Lipinski definition) is 1. The molecule has 1 N–H and O–H groups in total. The van der Waals surface area contributed by atoms with Crippen LogP contribution >= 0.6 is 11.3 Å². The van der Waals surface area contributed by atoms with E-state index in [1.165, 1.54) is 0 Å². The van der Waals surface area contributed by atoms with E-state index in [-0.39, 0.29) is 11.8 Å². The van der Waals surface area contributed by atoms with E-state index >= 15 is 0 Å². The van der Waals surface area contributed by atoms with Crippen molar-refractivity contribution < 1.29 is 9.53 Å². The standard InChI is InChI=1S/C17H22N4O2S/c1-12-5-6-15(18-8-12)20-16(22)13-4-3-7-21(10-13)11-14-9-19-17(23-2)24-14/h5-6,8-9,13H,3-4,7,10-11H2,1-2H3,(H,18,20,22). The molecular formula is C17H22N4O2S. The first-order valence-electron chi connectivity index (χ1n) is 8.08. The van der Waals surface area contributed by atoms with Gasteiger partial charge in [-0.05, 0) is 37.9 Å². The molecule has 1 aliphatic heterocycles. The average Bonchev–Trinajstić information content (AvgIpc) is 3.05. The monoisotopic (exact) mass is 346 g/mol. The summed E-state index contributed by atoms with van der Waals surface area (Å²) in [7, 11) is 1.63. The Labute approximate surface area is 145 Å². The highest BCUT2D eigenvalue weighted by Gasteiger charge is 2.26. The van der Waals surface area contributed by atoms with Crippen LogP contribution in [0.4, 0.5) is 5.82 Å². The molecule has 0 spiro atoms. The Hall–Kier alpha value is -1.99. The zero-order valence-electron chi connectivity index (χ0n) is 14.0. The lowest BCUT2D eigenvalue weighted by Gasteiger charge is -2.31. The number of carbonyl (C=O) groups is 1. The molecule has 0 bridgehead atoms. The summed E-state index contributed by atoms with van der Waals surface area (Å²) >= 11 is 1.55. The first-order chi connectivity index (χ1) is 11.6. The molecule has 3 heterocycles. The number of anilines is 1. The van der Waals surface area contributed by atoms with Gasteiger partial charge in [-0.15, -0.1) is 0 Å². The van der Waals surface area contributed by atoms with Crippen LogP contribution in [0, 0.1) is 12.8 Å². The molecule has 1 saturated heterocycles. The minimum absolute atomic E-state index is 0.00308. The maximum atomic E-state index is 12.5. The number of methoxy groups -OCH3 is 1. The molecule has 7 heteroatoms. The molecule has 0 aromatic carbocycles. The molecule has 24 heavy (non-hydrogen) atoms. The zero-order chi connectivity index (χ0) is 16.9. The van der Waals surface area contributed by atoms with Crippen LogP contribution in [0.3, 0.4) is 0 Å². The van der Waals surface area contributed by atoms with Crippen LogP contribution < -0.4 is 10.1 Å². The van der Waals surface area contributed by atoms with Crippen LogP contribution in [0.15, 0.2) is 24.5 Å². The van der Waals surface area contributed by atoms with E-state index < -0.39 is 0 Å². The maximum Gasteiger partial charge on any atom is 0.273 e. The molecule has 128 valence electrons. The molecule has 0 aliphatic carbocycles. The van der Waals surface area contributed by atoms with Gasteiger partial charge >= 0.3 is 0 Å². The van der Waals surface area contributed by atoms with Gasteiger partial charge in [0.2, 0.25) is 5.91 Å². The summed E-state index contributed by atoms with van der Waals surface area (Å²) in [4.78, 5) is 24.4. The molecule has 3 rings (SSSR count). The Morgan fingerprint density at radius 3 is 3.00 bits per heavy atom. The molecule has 0 saturated carbocycles. The predicted octanol–water partition coefficient (Wildman–Crippen LogP) is 2.71. The fourth-order valence-corrected chi connectivity index (χ4v) is 3.63. The summed E-state index contributed by atoms with van der Waals surface area (Å²) in [6, 6.07) is 3.80. The minimum atomic E-state index is -0.00308. The van der Waals surface area contributed by atoms with Crippen molar-refractivity contribution in [1.29, 1.82) is 0 Å². The van der Waals surface area contributed by atoms with Crippen LogP contribution in [0.1, 0.15) is 23.3 Å². The Morgan fingerprint density at radius 2 is 2.29 bits per heavy atom. The van der Waals surface area contributed by atoms with Crippen molar-refractivity contribution in [1.82, 2.24) is 14.9 Å². The first-order valence-corrected chi connectivity index (χ1v) is 8.90. The lowest BCUT2D eigenvalue weighted by atomic mass is 9.97. The number of likely N-dealkylation sites (tertiary alicyclic amines) is 1. The van der Waals surface area contributed by atoms with Crippen molar-refractivity contribution in [2.24, 2.45) is 5.92 Å². The summed E-state index contributed by atoms with van der Waals surface area (Å²) in [6.07, 6.45) is 5.55. The average molecular weight is 346 g/mol. The van der Waals surface area contributed by atoms with Gasteiger partial charge < -0.3 is 10.1 Å². The van der Waals surface area contributed by atoms with E-state index in [0.29, 0.717) is 11.0 Å². The van der Waals surface area contributed by atoms with Crippen LogP contribution in [0.25, 0.3) is 0 Å². The van der Waals surface area contributed by atoms with Gasteiger partial charge in [0.25, 0.3) is 5.19 Å². The van der Waals surface area contributed by atoms with E-state index in [0.717, 1.165) is 42.9 Å². The Kier molecular flexibility index (Phi) is 5.42. The SMILES string of the molecule is COc1ncc(CN2CCCC(C(=O)Nc3ccc(C)cn3)C2)s1. The number of ether oxygens (including phenoxy) is 1. The van der Waals surface area contributed by atoms with Gasteiger partial charge in [-0.25, -0.2) is 9.97 Å². The maximum absolute atomic E-state index is 12.5. The van der Waals surface area contributed by atoms with E-state index in [4.69, 9.17) is 4.74 Å². The third kappa shape index (κ3) is 4.30. The molecule has 2 aromatic heterocycles. The second-order valence-electron chi connectivity index (χ2n) is 6.08. The van der Waals surface area contributed by atoms with Crippen molar-refractivity contribution in [3.8, 4) is 5.19 Å². The normalized spacial score (nSPS) is 18.3. The summed E-state index contributed by atoms with van der Waals surface area (Å²) in [5.41, 5.74) is 1.08. The first kappa shape index (κ1) is 16.9. The molecular weight excluding hydrogens is 324 g/mol. The van der Waals surface area contributed by atoms with Crippen molar-refractivity contribution in [2.75, 3.05) is 25.5 Å². The molecule has 1 fully saturated rings. The van der Waals surface area contributed by atoms with E-state index in [1.807, 2.05) is 25.3 Å². The van der Waals surface area contributed by atoms with Crippen molar-refractivity contribution >= 4 is 23.1 Å². The van der Waals surface area contributed by atoms with Gasteiger partial charge in [-0.1, -0.05) is 17.4 Å². The largest absolute Gasteiger partial charge is 0.473 e. The fourth-order valence-electron chi connectivity index (χ4n) is 2.86. The summed E-state index contributed by atoms with van der Waals surface area (Å²) in [6.45, 7) is 4.56. The lowest BCUT2D eigenvalue weighted by molar-refractivity contribution is -0.121. The van der Waals surface area contributed by atoms with Gasteiger partial charge in [0.1, 0.15) is 5.82 Å². The smallest absolute Gasteiger partial charge is 0.273 e. The second kappa shape index (κ2) is 7.72. The number of hydrogen-bond acceptors (Lipinski definition) is 6. The molecule has 0 radical (unpaired) electrons. The summed E-state index contributed by atoms with van der Waals surface area (Å²) < 4.78 is 5.14. The van der Waals surface area contributed by atoms with Crippen molar-refractivity contribution in [3.05, 3.63) is 35.0 Å². The van der Waals surface area contributed by atoms with Crippen LogP contribution in [-0.4, -0.2) is 41.0 Å². The van der Waals surface area contributed by atoms with E-state index in [9.17, 15) is 4.79 Å². The topological polar surface area (TPSA) is 67.3 Å². The zero-order valence-corrected chi connectivity index (χ0v) is 14.8. The molecule has 1 unspecified atom stereocenters. The van der Waals surface area contributed by atoms with E-state index in [2.05, 4.69) is 20.2 Å². The lowest BCUT2D eigenvalue weighted by Crippen LogP contribution is -2.40. The van der Waals surface area contributed by atoms with Crippen LogP contribution in [0.2, 0.25) is 0 Å². The minimum Gasteiger partial charge on any atom is -0.473 e. The Bertz CT molecular complexity index is 686. The predicted molar refractivity (Wildman–Crippen MR) is 94.3 cm³/mol. The Balaban J connectivity index is 1.56. The van der Waals surface area contributed by atoms with Crippen molar-refractivity contribution in [2.45, 2.75) is 26.3 Å². The number of rotatable bonds is 5. The number of carbonyl (C=O) groups excluding carboxylic acids is 1. The molecule has 6 nitrogen and oxygen atoms in total. The third-order valence-corrected chi connectivity index (χ3v) is 5.07. The van der Waals surface area contributed by atoms with Gasteiger partial charge in [-0.2, -0.15) is 0 Å². The number of aromatic nitrogens is 2. The fraction of sp³-hybridized carbons (Fsp3) is 0.471. The molecule has 1 atom stereocenters. The molecule has 2 aromatic rings. The van der Waals surface area contributed by atoms with Crippen LogP contribution in [-0.2, 0) is 11.3 Å². The molecule has 1 aliphatic rings. The third-order valence-electron chi connectivity index (χ3n) is 4.13. The number of piperidine rings is 1. The highest BCUT2D eigenvalue weighted by Crippen LogP contribution is 2.24. The van der Waals surface area contributed by atoms with Gasteiger partial charge in [0.15, 0.2) is 0 Å². The van der Waals surface area contributed by atoms with Crippen molar-refractivity contribution in [3.63, 3.8) is 0 Å². The highest BCUT2D eigenvalue weighted by atomic mass is 32.1. The number of nitrogens with one attached hydrogen (secondary N) is 1. The van der Waals surface area contributed by atoms with Gasteiger partial charge in [-0.3, -0.25) is 9.69 Å². The van der Waals surface area contributed by atoms with Gasteiger partial charge in [0, 0.05) is 30.4 Å². The number of thiazole rings is 1. The molecule has 1 amide bonds. The summed E-state index contributed by atoms with van der Waals surface area (Å²) in [5.74, 6) is 0.671. The number of aryl methyl sites for hydroxylation is 1. The van der Waals surface area contributed by atoms with Gasteiger partial charge in [0.05, 0.1) is 13.0 Å². The quantitative estimate of drug-likeness (QED) is 0.902. The summed E-state index contributed by atoms with van der Waals surface area (Å²) in [5, 5.41) is 3.61. The van der Waals surface area contributed by atoms with E-state index in [1.54, 1.807) is 24.6 Å². The Morgan fingerprint density at radius 1 is 1.42 bits per heavy atom. The highest BCUT2D eigenvalue weighted by molar-refractivity contribution is 7.13. The number of amides is 1. The number of nitrogens with zero attached hydrogens (tertiary/aromatic N) is 3. The number of pyridine rings is 1. The van der Waals surface area contributed by atoms with Crippen LogP contribution in [0.5, 0.6) is 5.19 Å². The second-order valence-corrected chi connectivity index (χ2v) is 7.16.